The van der Waals surface area contributed by atoms with Gasteiger partial charge in [-0.1, -0.05) is 17.7 Å². The monoisotopic (exact) mass is 363 g/mol. The molecule has 6 nitrogen and oxygen atoms in total. The lowest BCUT2D eigenvalue weighted by Gasteiger charge is -2.07. The number of rotatable bonds is 5. The number of carbonyl (C=O) groups excluding carboxylic acids is 1. The van der Waals surface area contributed by atoms with Gasteiger partial charge >= 0.3 is 0 Å². The summed E-state index contributed by atoms with van der Waals surface area (Å²) in [6, 6.07) is 9.89. The first-order valence-electron chi connectivity index (χ1n) is 7.18. The Hall–Kier alpha value is -3.00. The van der Waals surface area contributed by atoms with Crippen molar-refractivity contribution in [1.82, 2.24) is 20.7 Å². The molecule has 1 amide bonds. The Morgan fingerprint density at radius 2 is 1.88 bits per heavy atom. The van der Waals surface area contributed by atoms with Crippen LogP contribution in [0.5, 0.6) is 0 Å². The van der Waals surface area contributed by atoms with E-state index < -0.39 is 17.5 Å². The van der Waals surface area contributed by atoms with Gasteiger partial charge in [-0.2, -0.15) is 5.21 Å². The van der Waals surface area contributed by atoms with E-state index in [4.69, 9.17) is 11.6 Å². The van der Waals surface area contributed by atoms with Crippen LogP contribution in [-0.4, -0.2) is 21.3 Å². The first-order chi connectivity index (χ1) is 12.0. The van der Waals surface area contributed by atoms with Crippen LogP contribution in [0.3, 0.4) is 0 Å². The van der Waals surface area contributed by atoms with Crippen LogP contribution >= 0.6 is 11.6 Å². The maximum absolute atomic E-state index is 13.2. The van der Waals surface area contributed by atoms with Crippen LogP contribution in [0, 0.1) is 11.6 Å². The Labute approximate surface area is 146 Å². The fourth-order valence-electron chi connectivity index (χ4n) is 2.16. The minimum atomic E-state index is -0.714. The molecule has 0 fully saturated rings. The van der Waals surface area contributed by atoms with E-state index in [1.165, 1.54) is 0 Å². The maximum atomic E-state index is 13.2. The largest absolute Gasteiger partial charge is 0.346 e. The predicted octanol–water partition coefficient (Wildman–Crippen LogP) is 3.41. The molecule has 0 atom stereocenters. The van der Waals surface area contributed by atoms with Crippen molar-refractivity contribution in [3.63, 3.8) is 0 Å². The molecule has 2 aromatic carbocycles. The second-order valence-electron chi connectivity index (χ2n) is 5.12. The van der Waals surface area contributed by atoms with Gasteiger partial charge in [-0.05, 0) is 35.9 Å². The van der Waals surface area contributed by atoms with Crippen LogP contribution in [-0.2, 0) is 6.54 Å². The number of nitrogens with zero attached hydrogens (tertiary/aromatic N) is 2. The molecule has 0 spiro atoms. The molecule has 1 aromatic heterocycles. The van der Waals surface area contributed by atoms with E-state index >= 15 is 0 Å². The molecule has 3 aromatic rings. The molecule has 0 saturated carbocycles. The van der Waals surface area contributed by atoms with Crippen LogP contribution in [0.15, 0.2) is 42.5 Å². The number of amides is 1. The van der Waals surface area contributed by atoms with Crippen LogP contribution in [0.2, 0.25) is 5.02 Å². The second-order valence-corrected chi connectivity index (χ2v) is 5.55. The highest BCUT2D eigenvalue weighted by atomic mass is 35.5. The van der Waals surface area contributed by atoms with E-state index in [0.717, 1.165) is 18.2 Å². The van der Waals surface area contributed by atoms with Gasteiger partial charge in [-0.15, -0.1) is 10.2 Å². The topological polar surface area (TPSA) is 82.7 Å². The van der Waals surface area contributed by atoms with Gasteiger partial charge in [-0.25, -0.2) is 8.78 Å². The average molecular weight is 364 g/mol. The fraction of sp³-hybridized carbons (Fsp3) is 0.0625. The number of halogens is 3. The number of H-pyrrole nitrogens is 1. The summed E-state index contributed by atoms with van der Waals surface area (Å²) in [6.45, 7) is -0.0586. The molecule has 0 aliphatic carbocycles. The quantitative estimate of drug-likeness (QED) is 0.648. The maximum Gasteiger partial charge on any atom is 0.275 e. The van der Waals surface area contributed by atoms with E-state index in [1.54, 1.807) is 24.3 Å². The zero-order valence-corrected chi connectivity index (χ0v) is 13.4. The first kappa shape index (κ1) is 16.8. The molecule has 25 heavy (non-hydrogen) atoms. The standard InChI is InChI=1S/C16H12ClF2N5O/c17-10-2-1-3-13(6-10)21-15-14(22-24-23-15)16(25)20-8-9-4-11(18)7-12(19)5-9/h1-7H,8H2,(H,20,25)(H2,21,22,23,24). The third kappa shape index (κ3) is 4.30. The van der Waals surface area contributed by atoms with Gasteiger partial charge in [0, 0.05) is 23.3 Å². The molecule has 0 aliphatic heterocycles. The van der Waals surface area contributed by atoms with Crippen LogP contribution in [0.25, 0.3) is 0 Å². The van der Waals surface area contributed by atoms with Gasteiger partial charge in [0.15, 0.2) is 11.5 Å². The van der Waals surface area contributed by atoms with Crippen molar-refractivity contribution in [3.05, 3.63) is 70.4 Å². The van der Waals surface area contributed by atoms with Crippen LogP contribution in [0.4, 0.5) is 20.3 Å². The molecule has 3 N–H and O–H groups in total. The van der Waals surface area contributed by atoms with E-state index in [1.807, 2.05) is 0 Å². The summed E-state index contributed by atoms with van der Waals surface area (Å²) in [6.07, 6.45) is 0. The van der Waals surface area contributed by atoms with Gasteiger partial charge in [-0.3, -0.25) is 4.79 Å². The van der Waals surface area contributed by atoms with Gasteiger partial charge < -0.3 is 10.6 Å². The smallest absolute Gasteiger partial charge is 0.275 e. The molecule has 0 aliphatic rings. The minimum Gasteiger partial charge on any atom is -0.346 e. The molecule has 0 saturated heterocycles. The third-order valence-corrected chi connectivity index (χ3v) is 3.46. The molecule has 3 rings (SSSR count). The van der Waals surface area contributed by atoms with Gasteiger partial charge in [0.2, 0.25) is 0 Å². The molecule has 128 valence electrons. The van der Waals surface area contributed by atoms with Crippen molar-refractivity contribution >= 4 is 29.0 Å². The fourth-order valence-corrected chi connectivity index (χ4v) is 2.35. The number of carbonyl (C=O) groups is 1. The zero-order chi connectivity index (χ0) is 17.8. The second kappa shape index (κ2) is 7.27. The minimum absolute atomic E-state index is 0.0110. The van der Waals surface area contributed by atoms with Crippen molar-refractivity contribution in [2.45, 2.75) is 6.54 Å². The summed E-state index contributed by atoms with van der Waals surface area (Å²) in [4.78, 5) is 12.2. The normalized spacial score (nSPS) is 10.5. The number of nitrogens with one attached hydrogen (secondary N) is 3. The summed E-state index contributed by atoms with van der Waals surface area (Å²) in [5.41, 5.74) is 0.929. The SMILES string of the molecule is O=C(NCc1cc(F)cc(F)c1)c1n[nH]nc1Nc1cccc(Cl)c1. The van der Waals surface area contributed by atoms with Crippen molar-refractivity contribution in [3.8, 4) is 0 Å². The molecule has 0 radical (unpaired) electrons. The Bertz CT molecular complexity index is 895. The number of aromatic amines is 1. The summed E-state index contributed by atoms with van der Waals surface area (Å²) < 4.78 is 26.3. The van der Waals surface area contributed by atoms with Crippen LogP contribution < -0.4 is 10.6 Å². The molecule has 9 heteroatoms. The molecular formula is C16H12ClF2N5O. The van der Waals surface area contributed by atoms with E-state index in [2.05, 4.69) is 26.0 Å². The number of hydrogen-bond donors (Lipinski definition) is 3. The molecule has 0 unspecified atom stereocenters. The highest BCUT2D eigenvalue weighted by Crippen LogP contribution is 2.20. The van der Waals surface area contributed by atoms with Crippen molar-refractivity contribution in [2.75, 3.05) is 5.32 Å². The van der Waals surface area contributed by atoms with Crippen LogP contribution in [0.1, 0.15) is 16.1 Å². The first-order valence-corrected chi connectivity index (χ1v) is 7.55. The number of aromatic nitrogens is 3. The summed E-state index contributed by atoms with van der Waals surface area (Å²) in [5, 5.41) is 16.0. The third-order valence-electron chi connectivity index (χ3n) is 3.23. The lowest BCUT2D eigenvalue weighted by atomic mass is 10.2. The Morgan fingerprint density at radius 3 is 2.60 bits per heavy atom. The average Bonchev–Trinajstić information content (AvgIpc) is 3.00. The molecule has 0 bridgehead atoms. The molecular weight excluding hydrogens is 352 g/mol. The highest BCUT2D eigenvalue weighted by molar-refractivity contribution is 6.30. The van der Waals surface area contributed by atoms with Crippen molar-refractivity contribution in [2.24, 2.45) is 0 Å². The van der Waals surface area contributed by atoms with Gasteiger partial charge in [0.05, 0.1) is 0 Å². The molecule has 1 heterocycles. The zero-order valence-electron chi connectivity index (χ0n) is 12.7. The van der Waals surface area contributed by atoms with Gasteiger partial charge in [0.1, 0.15) is 11.6 Å². The number of hydrogen-bond acceptors (Lipinski definition) is 4. The highest BCUT2D eigenvalue weighted by Gasteiger charge is 2.16. The Balaban J connectivity index is 1.70. The van der Waals surface area contributed by atoms with Gasteiger partial charge in [0.25, 0.3) is 5.91 Å². The van der Waals surface area contributed by atoms with E-state index in [0.29, 0.717) is 16.3 Å². The van der Waals surface area contributed by atoms with E-state index in [-0.39, 0.29) is 18.1 Å². The number of anilines is 2. The summed E-state index contributed by atoms with van der Waals surface area (Å²) in [7, 11) is 0. The predicted molar refractivity (Wildman–Crippen MR) is 88.6 cm³/mol. The summed E-state index contributed by atoms with van der Waals surface area (Å²) >= 11 is 5.91. The number of benzene rings is 2. The lowest BCUT2D eigenvalue weighted by Crippen LogP contribution is -2.24. The summed E-state index contributed by atoms with van der Waals surface area (Å²) in [5.74, 6) is -1.78. The van der Waals surface area contributed by atoms with Crippen molar-refractivity contribution in [1.29, 1.82) is 0 Å². The Kier molecular flexibility index (Phi) is 4.90. The lowest BCUT2D eigenvalue weighted by molar-refractivity contribution is 0.0946. The van der Waals surface area contributed by atoms with E-state index in [9.17, 15) is 13.6 Å². The Morgan fingerprint density at radius 1 is 1.12 bits per heavy atom. The van der Waals surface area contributed by atoms with Crippen molar-refractivity contribution < 1.29 is 13.6 Å².